The summed E-state index contributed by atoms with van der Waals surface area (Å²) in [6.45, 7) is 5.54. The Kier molecular flexibility index (Phi) is 4.66. The standard InChI is InChI=1S/C20H26N2O5/c1-19(2)13-8-9-20(19,3)18(25)22(17(13)24)11-16(23)21-14-10-12(26-4)6-7-15(14)27-5/h6-7,10,13H,8-9,11H2,1-5H3,(H,21,23). The van der Waals surface area contributed by atoms with Crippen molar-refractivity contribution in [3.8, 4) is 11.5 Å². The molecular weight excluding hydrogens is 348 g/mol. The van der Waals surface area contributed by atoms with Gasteiger partial charge in [0.15, 0.2) is 0 Å². The second-order valence-corrected chi connectivity index (χ2v) is 7.99. The Morgan fingerprint density at radius 2 is 1.93 bits per heavy atom. The molecule has 7 nitrogen and oxygen atoms in total. The number of rotatable bonds is 5. The topological polar surface area (TPSA) is 84.9 Å². The molecule has 1 aliphatic heterocycles. The van der Waals surface area contributed by atoms with Crippen LogP contribution in [-0.4, -0.2) is 43.4 Å². The third kappa shape index (κ3) is 2.85. The quantitative estimate of drug-likeness (QED) is 0.800. The van der Waals surface area contributed by atoms with E-state index in [9.17, 15) is 14.4 Å². The number of fused-ring (bicyclic) bond motifs is 2. The van der Waals surface area contributed by atoms with Gasteiger partial charge in [-0.2, -0.15) is 0 Å². The number of amides is 3. The van der Waals surface area contributed by atoms with Gasteiger partial charge in [0.2, 0.25) is 17.7 Å². The van der Waals surface area contributed by atoms with E-state index in [1.54, 1.807) is 18.2 Å². The molecule has 1 aromatic carbocycles. The number of imide groups is 1. The van der Waals surface area contributed by atoms with Crippen LogP contribution in [0.15, 0.2) is 18.2 Å². The van der Waals surface area contributed by atoms with E-state index in [1.807, 2.05) is 20.8 Å². The fraction of sp³-hybridized carbons (Fsp3) is 0.550. The first-order valence-corrected chi connectivity index (χ1v) is 9.03. The molecule has 0 radical (unpaired) electrons. The van der Waals surface area contributed by atoms with E-state index < -0.39 is 16.7 Å². The van der Waals surface area contributed by atoms with Crippen LogP contribution in [0, 0.1) is 16.7 Å². The Morgan fingerprint density at radius 3 is 2.56 bits per heavy atom. The van der Waals surface area contributed by atoms with Crippen LogP contribution in [0.1, 0.15) is 33.6 Å². The predicted molar refractivity (Wildman–Crippen MR) is 99.5 cm³/mol. The number of nitrogens with zero attached hydrogens (tertiary/aromatic N) is 1. The van der Waals surface area contributed by atoms with Gasteiger partial charge in [-0.15, -0.1) is 0 Å². The molecule has 146 valence electrons. The molecule has 1 heterocycles. The Hall–Kier alpha value is -2.57. The zero-order valence-electron chi connectivity index (χ0n) is 16.4. The third-order valence-corrected chi connectivity index (χ3v) is 6.49. The number of likely N-dealkylation sites (tertiary alicyclic amines) is 1. The van der Waals surface area contributed by atoms with Crippen molar-refractivity contribution in [1.82, 2.24) is 4.90 Å². The molecule has 1 aromatic rings. The van der Waals surface area contributed by atoms with Crippen molar-refractivity contribution in [3.05, 3.63) is 18.2 Å². The van der Waals surface area contributed by atoms with Gasteiger partial charge < -0.3 is 14.8 Å². The number of ether oxygens (including phenoxy) is 2. The number of benzene rings is 1. The smallest absolute Gasteiger partial charge is 0.244 e. The number of carbonyl (C=O) groups excluding carboxylic acids is 3. The molecular formula is C20H26N2O5. The van der Waals surface area contributed by atoms with Crippen molar-refractivity contribution in [2.24, 2.45) is 16.7 Å². The average Bonchev–Trinajstić information content (AvgIpc) is 2.82. The van der Waals surface area contributed by atoms with E-state index in [0.717, 1.165) is 4.90 Å². The van der Waals surface area contributed by atoms with Gasteiger partial charge in [0, 0.05) is 12.0 Å². The van der Waals surface area contributed by atoms with Gasteiger partial charge >= 0.3 is 0 Å². The number of methoxy groups -OCH3 is 2. The Bertz CT molecular complexity index is 804. The fourth-order valence-corrected chi connectivity index (χ4v) is 4.30. The molecule has 0 spiro atoms. The van der Waals surface area contributed by atoms with E-state index in [2.05, 4.69) is 5.32 Å². The summed E-state index contributed by atoms with van der Waals surface area (Å²) in [6.07, 6.45) is 1.34. The number of anilines is 1. The molecule has 1 saturated heterocycles. The number of nitrogens with one attached hydrogen (secondary N) is 1. The highest BCUT2D eigenvalue weighted by Crippen LogP contribution is 2.59. The first-order chi connectivity index (χ1) is 12.7. The van der Waals surface area contributed by atoms with Crippen LogP contribution in [0.3, 0.4) is 0 Å². The highest BCUT2D eigenvalue weighted by atomic mass is 16.5. The monoisotopic (exact) mass is 374 g/mol. The second kappa shape index (κ2) is 6.55. The normalized spacial score (nSPS) is 26.1. The lowest BCUT2D eigenvalue weighted by molar-refractivity contribution is -0.168. The van der Waals surface area contributed by atoms with Crippen molar-refractivity contribution in [1.29, 1.82) is 0 Å². The fourth-order valence-electron chi connectivity index (χ4n) is 4.30. The Labute approximate surface area is 159 Å². The molecule has 1 saturated carbocycles. The van der Waals surface area contributed by atoms with Crippen LogP contribution in [0.4, 0.5) is 5.69 Å². The molecule has 27 heavy (non-hydrogen) atoms. The van der Waals surface area contributed by atoms with Crippen LogP contribution in [-0.2, 0) is 14.4 Å². The van der Waals surface area contributed by atoms with Crippen molar-refractivity contribution in [2.45, 2.75) is 33.6 Å². The maximum atomic E-state index is 13.0. The van der Waals surface area contributed by atoms with Gasteiger partial charge in [-0.1, -0.05) is 20.8 Å². The van der Waals surface area contributed by atoms with E-state index in [0.29, 0.717) is 30.0 Å². The maximum absolute atomic E-state index is 13.0. The number of hydrogen-bond donors (Lipinski definition) is 1. The van der Waals surface area contributed by atoms with Gasteiger partial charge in [0.25, 0.3) is 0 Å². The molecule has 1 N–H and O–H groups in total. The summed E-state index contributed by atoms with van der Waals surface area (Å²) in [7, 11) is 3.02. The lowest BCUT2D eigenvalue weighted by Crippen LogP contribution is -2.60. The summed E-state index contributed by atoms with van der Waals surface area (Å²) in [4.78, 5) is 39.6. The number of carbonyl (C=O) groups is 3. The zero-order valence-corrected chi connectivity index (χ0v) is 16.4. The van der Waals surface area contributed by atoms with Crippen LogP contribution < -0.4 is 14.8 Å². The van der Waals surface area contributed by atoms with Crippen molar-refractivity contribution >= 4 is 23.4 Å². The number of hydrogen-bond acceptors (Lipinski definition) is 5. The molecule has 2 bridgehead atoms. The summed E-state index contributed by atoms with van der Waals surface area (Å²) in [5.41, 5.74) is -0.600. The highest BCUT2D eigenvalue weighted by molar-refractivity contribution is 6.07. The third-order valence-electron chi connectivity index (χ3n) is 6.49. The van der Waals surface area contributed by atoms with Crippen molar-refractivity contribution in [2.75, 3.05) is 26.1 Å². The van der Waals surface area contributed by atoms with Gasteiger partial charge in [-0.3, -0.25) is 19.3 Å². The van der Waals surface area contributed by atoms with Crippen molar-refractivity contribution in [3.63, 3.8) is 0 Å². The van der Waals surface area contributed by atoms with Gasteiger partial charge in [0.05, 0.1) is 25.3 Å². The Balaban J connectivity index is 1.79. The molecule has 3 rings (SSSR count). The first-order valence-electron chi connectivity index (χ1n) is 9.03. The lowest BCUT2D eigenvalue weighted by atomic mass is 9.62. The van der Waals surface area contributed by atoms with E-state index in [-0.39, 0.29) is 24.3 Å². The summed E-state index contributed by atoms with van der Waals surface area (Å²) in [5.74, 6) is -0.186. The summed E-state index contributed by atoms with van der Waals surface area (Å²) < 4.78 is 10.4. The molecule has 3 amide bonds. The van der Waals surface area contributed by atoms with Crippen LogP contribution in [0.5, 0.6) is 11.5 Å². The minimum Gasteiger partial charge on any atom is -0.497 e. The minimum atomic E-state index is -0.625. The molecule has 0 aromatic heterocycles. The summed E-state index contributed by atoms with van der Waals surface area (Å²) >= 11 is 0. The molecule has 7 heteroatoms. The zero-order chi connectivity index (χ0) is 20.0. The van der Waals surface area contributed by atoms with E-state index in [4.69, 9.17) is 9.47 Å². The summed E-state index contributed by atoms with van der Waals surface area (Å²) in [5, 5.41) is 2.72. The van der Waals surface area contributed by atoms with Crippen LogP contribution >= 0.6 is 0 Å². The first kappa shape index (κ1) is 19.2. The second-order valence-electron chi connectivity index (χ2n) is 7.99. The Morgan fingerprint density at radius 1 is 1.22 bits per heavy atom. The lowest BCUT2D eigenvalue weighted by Gasteiger charge is -2.47. The van der Waals surface area contributed by atoms with Crippen molar-refractivity contribution < 1.29 is 23.9 Å². The molecule has 2 fully saturated rings. The molecule has 2 atom stereocenters. The largest absolute Gasteiger partial charge is 0.497 e. The predicted octanol–water partition coefficient (Wildman–Crippen LogP) is 2.45. The summed E-state index contributed by atoms with van der Waals surface area (Å²) in [6, 6.07) is 5.02. The molecule has 2 unspecified atom stereocenters. The van der Waals surface area contributed by atoms with E-state index in [1.165, 1.54) is 14.2 Å². The molecule has 1 aliphatic carbocycles. The SMILES string of the molecule is COc1ccc(OC)c(NC(=O)CN2C(=O)C3CCC(C)(C2=O)C3(C)C)c1. The van der Waals surface area contributed by atoms with E-state index >= 15 is 0 Å². The minimum absolute atomic E-state index is 0.237. The van der Waals surface area contributed by atoms with Gasteiger partial charge in [-0.05, 0) is 30.4 Å². The van der Waals surface area contributed by atoms with Gasteiger partial charge in [-0.25, -0.2) is 0 Å². The van der Waals surface area contributed by atoms with Crippen LogP contribution in [0.2, 0.25) is 0 Å². The number of piperidine rings is 1. The average molecular weight is 374 g/mol. The van der Waals surface area contributed by atoms with Gasteiger partial charge in [0.1, 0.15) is 18.0 Å². The van der Waals surface area contributed by atoms with Crippen LogP contribution in [0.25, 0.3) is 0 Å². The highest BCUT2D eigenvalue weighted by Gasteiger charge is 2.64. The molecule has 2 aliphatic rings. The maximum Gasteiger partial charge on any atom is 0.244 e.